The summed E-state index contributed by atoms with van der Waals surface area (Å²) in [6, 6.07) is 6.11. The molecule has 0 fully saturated rings. The molecule has 0 radical (unpaired) electrons. The molecule has 0 N–H and O–H groups in total. The highest BCUT2D eigenvalue weighted by Crippen LogP contribution is 2.62. The zero-order chi connectivity index (χ0) is 13.6. The fourth-order valence-corrected chi connectivity index (χ4v) is 4.06. The highest BCUT2D eigenvalue weighted by molar-refractivity contribution is 7.54. The number of halogens is 1. The van der Waals surface area contributed by atoms with Crippen molar-refractivity contribution in [3.8, 4) is 0 Å². The SMILES string of the molecule is CCOP(=O)(OCC)[C@H](CC)c1cccc(F)c1. The van der Waals surface area contributed by atoms with Crippen molar-refractivity contribution in [2.45, 2.75) is 32.9 Å². The molecule has 18 heavy (non-hydrogen) atoms. The van der Waals surface area contributed by atoms with Gasteiger partial charge in [0.25, 0.3) is 0 Å². The van der Waals surface area contributed by atoms with Gasteiger partial charge in [0.1, 0.15) is 5.82 Å². The molecule has 3 nitrogen and oxygen atoms in total. The van der Waals surface area contributed by atoms with E-state index < -0.39 is 13.3 Å². The molecule has 0 aliphatic rings. The van der Waals surface area contributed by atoms with E-state index in [0.29, 0.717) is 25.2 Å². The van der Waals surface area contributed by atoms with Gasteiger partial charge in [0, 0.05) is 0 Å². The summed E-state index contributed by atoms with van der Waals surface area (Å²) in [6.45, 7) is 6.04. The third-order valence-electron chi connectivity index (χ3n) is 2.62. The molecule has 0 unspecified atom stereocenters. The number of hydrogen-bond donors (Lipinski definition) is 0. The lowest BCUT2D eigenvalue weighted by molar-refractivity contribution is 0.211. The van der Waals surface area contributed by atoms with Crippen LogP contribution < -0.4 is 0 Å². The van der Waals surface area contributed by atoms with Gasteiger partial charge in [0.2, 0.25) is 0 Å². The molecule has 0 bridgehead atoms. The van der Waals surface area contributed by atoms with Crippen molar-refractivity contribution in [2.75, 3.05) is 13.2 Å². The first-order chi connectivity index (χ1) is 8.57. The summed E-state index contributed by atoms with van der Waals surface area (Å²) in [7, 11) is -3.24. The van der Waals surface area contributed by atoms with Crippen LogP contribution in [-0.2, 0) is 13.6 Å². The first-order valence-corrected chi connectivity index (χ1v) is 7.82. The number of rotatable bonds is 7. The molecule has 0 aliphatic carbocycles. The van der Waals surface area contributed by atoms with Crippen molar-refractivity contribution >= 4 is 7.60 Å². The maximum atomic E-state index is 13.3. The van der Waals surface area contributed by atoms with E-state index in [2.05, 4.69) is 0 Å². The molecule has 1 aromatic rings. The summed E-state index contributed by atoms with van der Waals surface area (Å²) in [4.78, 5) is 0. The predicted octanol–water partition coefficient (Wildman–Crippen LogP) is 4.54. The summed E-state index contributed by atoms with van der Waals surface area (Å²) in [6.07, 6.45) is 0.570. The normalized spacial score (nSPS) is 13.6. The second-order valence-electron chi connectivity index (χ2n) is 3.85. The van der Waals surface area contributed by atoms with Gasteiger partial charge in [-0.05, 0) is 38.0 Å². The van der Waals surface area contributed by atoms with Crippen LogP contribution in [0.5, 0.6) is 0 Å². The maximum absolute atomic E-state index is 13.3. The molecule has 1 rings (SSSR count). The predicted molar refractivity (Wildman–Crippen MR) is 70.3 cm³/mol. The summed E-state index contributed by atoms with van der Waals surface area (Å²) >= 11 is 0. The zero-order valence-corrected chi connectivity index (χ0v) is 12.0. The lowest BCUT2D eigenvalue weighted by Gasteiger charge is -2.25. The minimum atomic E-state index is -3.24. The lowest BCUT2D eigenvalue weighted by Crippen LogP contribution is -2.06. The van der Waals surface area contributed by atoms with Gasteiger partial charge >= 0.3 is 7.60 Å². The molecule has 0 aromatic heterocycles. The molecule has 1 aromatic carbocycles. The second kappa shape index (κ2) is 7.03. The Hall–Kier alpha value is -0.700. The second-order valence-corrected chi connectivity index (χ2v) is 6.07. The molecule has 0 aliphatic heterocycles. The molecule has 0 saturated carbocycles. The van der Waals surface area contributed by atoms with E-state index >= 15 is 0 Å². The fourth-order valence-electron chi connectivity index (χ4n) is 1.93. The van der Waals surface area contributed by atoms with Gasteiger partial charge in [0.15, 0.2) is 0 Å². The van der Waals surface area contributed by atoms with Crippen molar-refractivity contribution in [3.05, 3.63) is 35.6 Å². The summed E-state index contributed by atoms with van der Waals surface area (Å²) < 4.78 is 36.6. The standard InChI is InChI=1S/C13H20FO3P/c1-4-13(11-8-7-9-12(14)10-11)18(15,16-5-2)17-6-3/h7-10,13H,4-6H2,1-3H3/t13-/m1/s1. The van der Waals surface area contributed by atoms with Gasteiger partial charge in [-0.15, -0.1) is 0 Å². The van der Waals surface area contributed by atoms with Crippen LogP contribution >= 0.6 is 7.60 Å². The van der Waals surface area contributed by atoms with Crippen molar-refractivity contribution in [1.82, 2.24) is 0 Å². The highest BCUT2D eigenvalue weighted by Gasteiger charge is 2.35. The molecule has 102 valence electrons. The highest BCUT2D eigenvalue weighted by atomic mass is 31.2. The van der Waals surface area contributed by atoms with E-state index in [9.17, 15) is 8.96 Å². The first kappa shape index (κ1) is 15.4. The van der Waals surface area contributed by atoms with Crippen molar-refractivity contribution < 1.29 is 18.0 Å². The summed E-state index contributed by atoms with van der Waals surface area (Å²) in [5.74, 6) is -0.342. The molecule has 0 spiro atoms. The van der Waals surface area contributed by atoms with Crippen LogP contribution in [0.4, 0.5) is 4.39 Å². The summed E-state index contributed by atoms with van der Waals surface area (Å²) in [5.41, 5.74) is 0.232. The minimum Gasteiger partial charge on any atom is -0.308 e. The quantitative estimate of drug-likeness (QED) is 0.684. The van der Waals surface area contributed by atoms with Gasteiger partial charge in [0.05, 0.1) is 18.9 Å². The minimum absolute atomic E-state index is 0.309. The zero-order valence-electron chi connectivity index (χ0n) is 11.1. The van der Waals surface area contributed by atoms with Crippen LogP contribution in [0.2, 0.25) is 0 Å². The largest absolute Gasteiger partial charge is 0.338 e. The topological polar surface area (TPSA) is 35.5 Å². The Morgan fingerprint density at radius 3 is 2.28 bits per heavy atom. The lowest BCUT2D eigenvalue weighted by atomic mass is 10.1. The maximum Gasteiger partial charge on any atom is 0.338 e. The Balaban J connectivity index is 3.09. The van der Waals surface area contributed by atoms with Crippen LogP contribution in [0.3, 0.4) is 0 Å². The van der Waals surface area contributed by atoms with E-state index in [4.69, 9.17) is 9.05 Å². The van der Waals surface area contributed by atoms with Gasteiger partial charge in [-0.1, -0.05) is 19.1 Å². The van der Waals surface area contributed by atoms with E-state index in [-0.39, 0.29) is 5.82 Å². The number of benzene rings is 1. The third kappa shape index (κ3) is 3.64. The van der Waals surface area contributed by atoms with Crippen LogP contribution in [0, 0.1) is 5.82 Å². The summed E-state index contributed by atoms with van der Waals surface area (Å²) in [5, 5.41) is 0. The van der Waals surface area contributed by atoms with Crippen molar-refractivity contribution in [1.29, 1.82) is 0 Å². The van der Waals surface area contributed by atoms with E-state index in [1.54, 1.807) is 26.0 Å². The number of hydrogen-bond acceptors (Lipinski definition) is 3. The van der Waals surface area contributed by atoms with E-state index in [0.717, 1.165) is 0 Å². The van der Waals surface area contributed by atoms with E-state index in [1.165, 1.54) is 12.1 Å². The first-order valence-electron chi connectivity index (χ1n) is 6.21. The van der Waals surface area contributed by atoms with Gasteiger partial charge in [-0.25, -0.2) is 4.39 Å². The van der Waals surface area contributed by atoms with E-state index in [1.807, 2.05) is 6.92 Å². The molecular weight excluding hydrogens is 254 g/mol. The molecule has 5 heteroatoms. The molecule has 0 heterocycles. The van der Waals surface area contributed by atoms with Crippen molar-refractivity contribution in [3.63, 3.8) is 0 Å². The van der Waals surface area contributed by atoms with Crippen molar-refractivity contribution in [2.24, 2.45) is 0 Å². The average molecular weight is 274 g/mol. The van der Waals surface area contributed by atoms with Crippen LogP contribution in [0.1, 0.15) is 38.4 Å². The van der Waals surface area contributed by atoms with Crippen LogP contribution in [-0.4, -0.2) is 13.2 Å². The van der Waals surface area contributed by atoms with Gasteiger partial charge in [-0.3, -0.25) is 4.57 Å². The van der Waals surface area contributed by atoms with Gasteiger partial charge in [-0.2, -0.15) is 0 Å². The molecule has 1 atom stereocenters. The Labute approximate surface area is 108 Å². The molecular formula is C13H20FO3P. The van der Waals surface area contributed by atoms with Gasteiger partial charge < -0.3 is 9.05 Å². The van der Waals surface area contributed by atoms with Crippen LogP contribution in [0.25, 0.3) is 0 Å². The Kier molecular flexibility index (Phi) is 6.00. The third-order valence-corrected chi connectivity index (χ3v) is 5.28. The Morgan fingerprint density at radius 2 is 1.83 bits per heavy atom. The fraction of sp³-hybridized carbons (Fsp3) is 0.538. The smallest absolute Gasteiger partial charge is 0.308 e. The molecule has 0 saturated heterocycles. The van der Waals surface area contributed by atoms with Crippen LogP contribution in [0.15, 0.2) is 24.3 Å². The Bertz CT molecular complexity index is 412. The Morgan fingerprint density at radius 1 is 1.22 bits per heavy atom. The average Bonchev–Trinajstić information content (AvgIpc) is 2.30. The molecule has 0 amide bonds. The monoisotopic (exact) mass is 274 g/mol.